The molecule has 1 N–H and O–H groups in total. The van der Waals surface area contributed by atoms with Gasteiger partial charge in [0, 0.05) is 39.9 Å². The van der Waals surface area contributed by atoms with Gasteiger partial charge < -0.3 is 10.2 Å². The van der Waals surface area contributed by atoms with Crippen LogP contribution in [0.4, 0.5) is 5.69 Å². The highest BCUT2D eigenvalue weighted by Gasteiger charge is 2.08. The lowest BCUT2D eigenvalue weighted by molar-refractivity contribution is 0.316. The van der Waals surface area contributed by atoms with Gasteiger partial charge in [-0.2, -0.15) is 0 Å². The first-order valence-electron chi connectivity index (χ1n) is 9.59. The first-order chi connectivity index (χ1) is 13.6. The SMILES string of the molecule is CCN(CC)CCNc1cc(-c2ccc(Cl)cc2)nc(-c2ccc(Cl)cc2)c1. The lowest BCUT2D eigenvalue weighted by Gasteiger charge is -2.19. The molecule has 3 nitrogen and oxygen atoms in total. The molecule has 0 radical (unpaired) electrons. The second-order valence-corrected chi connectivity index (χ2v) is 7.47. The van der Waals surface area contributed by atoms with Gasteiger partial charge >= 0.3 is 0 Å². The number of halogens is 2. The lowest BCUT2D eigenvalue weighted by atomic mass is 10.1. The van der Waals surface area contributed by atoms with E-state index >= 15 is 0 Å². The number of nitrogens with one attached hydrogen (secondary N) is 1. The minimum atomic E-state index is 0.718. The van der Waals surface area contributed by atoms with E-state index in [0.29, 0.717) is 0 Å². The lowest BCUT2D eigenvalue weighted by Crippen LogP contribution is -2.28. The molecular formula is C23H25Cl2N3. The topological polar surface area (TPSA) is 28.2 Å². The number of nitrogens with zero attached hydrogens (tertiary/aromatic N) is 2. The maximum absolute atomic E-state index is 6.05. The molecule has 0 atom stereocenters. The van der Waals surface area contributed by atoms with Gasteiger partial charge in [0.2, 0.25) is 0 Å². The Labute approximate surface area is 177 Å². The number of aromatic nitrogens is 1. The number of hydrogen-bond donors (Lipinski definition) is 1. The van der Waals surface area contributed by atoms with Gasteiger partial charge in [-0.15, -0.1) is 0 Å². The Morgan fingerprint density at radius 1 is 0.786 bits per heavy atom. The minimum absolute atomic E-state index is 0.718. The van der Waals surface area contributed by atoms with Crippen LogP contribution in [-0.4, -0.2) is 36.1 Å². The number of pyridine rings is 1. The van der Waals surface area contributed by atoms with Gasteiger partial charge in [-0.3, -0.25) is 0 Å². The largest absolute Gasteiger partial charge is 0.384 e. The van der Waals surface area contributed by atoms with Gasteiger partial charge in [0.1, 0.15) is 0 Å². The van der Waals surface area contributed by atoms with Gasteiger partial charge in [0.05, 0.1) is 11.4 Å². The summed E-state index contributed by atoms with van der Waals surface area (Å²) in [6, 6.07) is 19.7. The van der Waals surface area contributed by atoms with Gasteiger partial charge in [-0.1, -0.05) is 61.3 Å². The van der Waals surface area contributed by atoms with E-state index in [1.54, 1.807) is 0 Å². The second-order valence-electron chi connectivity index (χ2n) is 6.59. The summed E-state index contributed by atoms with van der Waals surface area (Å²) < 4.78 is 0. The van der Waals surface area contributed by atoms with E-state index in [9.17, 15) is 0 Å². The summed E-state index contributed by atoms with van der Waals surface area (Å²) in [5.41, 5.74) is 4.94. The molecule has 0 bridgehead atoms. The Balaban J connectivity index is 1.91. The third kappa shape index (κ3) is 5.48. The van der Waals surface area contributed by atoms with Gasteiger partial charge in [-0.25, -0.2) is 4.98 Å². The van der Waals surface area contributed by atoms with E-state index in [-0.39, 0.29) is 0 Å². The quantitative estimate of drug-likeness (QED) is 0.458. The molecule has 1 heterocycles. The molecule has 28 heavy (non-hydrogen) atoms. The maximum atomic E-state index is 6.05. The van der Waals surface area contributed by atoms with Crippen LogP contribution in [-0.2, 0) is 0 Å². The maximum Gasteiger partial charge on any atom is 0.0730 e. The summed E-state index contributed by atoms with van der Waals surface area (Å²) >= 11 is 12.1. The Morgan fingerprint density at radius 2 is 1.25 bits per heavy atom. The highest BCUT2D eigenvalue weighted by atomic mass is 35.5. The first-order valence-corrected chi connectivity index (χ1v) is 10.3. The van der Waals surface area contributed by atoms with Gasteiger partial charge in [0.15, 0.2) is 0 Å². The average molecular weight is 414 g/mol. The molecule has 0 aliphatic heterocycles. The zero-order valence-corrected chi connectivity index (χ0v) is 17.8. The Hall–Kier alpha value is -2.07. The highest BCUT2D eigenvalue weighted by Crippen LogP contribution is 2.28. The molecule has 0 unspecified atom stereocenters. The predicted octanol–water partition coefficient (Wildman–Crippen LogP) is 6.48. The van der Waals surface area contributed by atoms with Crippen LogP contribution in [0, 0.1) is 0 Å². The summed E-state index contributed by atoms with van der Waals surface area (Å²) in [5, 5.41) is 4.99. The Bertz CT molecular complexity index is 825. The molecule has 0 aliphatic carbocycles. The highest BCUT2D eigenvalue weighted by molar-refractivity contribution is 6.30. The zero-order valence-electron chi connectivity index (χ0n) is 16.3. The molecule has 3 rings (SSSR count). The Kier molecular flexibility index (Phi) is 7.32. The van der Waals surface area contributed by atoms with E-state index in [1.807, 2.05) is 48.5 Å². The van der Waals surface area contributed by atoms with E-state index in [0.717, 1.165) is 64.4 Å². The molecule has 3 aromatic rings. The summed E-state index contributed by atoms with van der Waals surface area (Å²) in [6.07, 6.45) is 0. The van der Waals surface area contributed by atoms with Crippen molar-refractivity contribution in [3.8, 4) is 22.5 Å². The molecule has 0 amide bonds. The van der Waals surface area contributed by atoms with Crippen molar-refractivity contribution in [1.29, 1.82) is 0 Å². The first kappa shape index (κ1) is 20.7. The van der Waals surface area contributed by atoms with Crippen LogP contribution in [0.25, 0.3) is 22.5 Å². The van der Waals surface area contributed by atoms with Crippen LogP contribution in [0.1, 0.15) is 13.8 Å². The number of likely N-dealkylation sites (N-methyl/N-ethyl adjacent to an activating group) is 1. The van der Waals surface area contributed by atoms with Crippen molar-refractivity contribution in [2.24, 2.45) is 0 Å². The number of hydrogen-bond acceptors (Lipinski definition) is 3. The molecule has 0 aliphatic rings. The summed E-state index contributed by atoms with van der Waals surface area (Å²) in [7, 11) is 0. The molecule has 0 saturated heterocycles. The van der Waals surface area contributed by atoms with Crippen LogP contribution >= 0.6 is 23.2 Å². The van der Waals surface area contributed by atoms with Crippen LogP contribution in [0.15, 0.2) is 60.7 Å². The fourth-order valence-electron chi connectivity index (χ4n) is 3.07. The van der Waals surface area contributed by atoms with Crippen LogP contribution in [0.3, 0.4) is 0 Å². The van der Waals surface area contributed by atoms with Crippen LogP contribution < -0.4 is 5.32 Å². The monoisotopic (exact) mass is 413 g/mol. The number of benzene rings is 2. The third-order valence-electron chi connectivity index (χ3n) is 4.76. The molecule has 1 aromatic heterocycles. The van der Waals surface area contributed by atoms with Gasteiger partial charge in [-0.05, 0) is 49.5 Å². The molecule has 0 spiro atoms. The van der Waals surface area contributed by atoms with Crippen LogP contribution in [0.5, 0.6) is 0 Å². The zero-order chi connectivity index (χ0) is 19.9. The summed E-state index contributed by atoms with van der Waals surface area (Å²) in [6.45, 7) is 8.37. The van der Waals surface area contributed by atoms with E-state index < -0.39 is 0 Å². The van der Waals surface area contributed by atoms with Crippen LogP contribution in [0.2, 0.25) is 10.0 Å². The van der Waals surface area contributed by atoms with Crippen molar-refractivity contribution < 1.29 is 0 Å². The van der Waals surface area contributed by atoms with E-state index in [4.69, 9.17) is 28.2 Å². The molecule has 146 valence electrons. The van der Waals surface area contributed by atoms with E-state index in [2.05, 4.69) is 36.2 Å². The van der Waals surface area contributed by atoms with Crippen molar-refractivity contribution in [1.82, 2.24) is 9.88 Å². The fourth-order valence-corrected chi connectivity index (χ4v) is 3.32. The number of rotatable bonds is 8. The van der Waals surface area contributed by atoms with E-state index in [1.165, 1.54) is 0 Å². The van der Waals surface area contributed by atoms with Crippen molar-refractivity contribution in [3.05, 3.63) is 70.7 Å². The normalized spacial score (nSPS) is 11.0. The third-order valence-corrected chi connectivity index (χ3v) is 5.26. The average Bonchev–Trinajstić information content (AvgIpc) is 2.72. The second kappa shape index (κ2) is 9.92. The Morgan fingerprint density at radius 3 is 1.68 bits per heavy atom. The van der Waals surface area contributed by atoms with Crippen molar-refractivity contribution in [2.75, 3.05) is 31.5 Å². The standard InChI is InChI=1S/C23H25Cl2N3/c1-3-28(4-2)14-13-26-21-15-22(17-5-9-19(24)10-6-17)27-23(16-21)18-7-11-20(25)12-8-18/h5-12,15-16H,3-4,13-14H2,1-2H3,(H,26,27). The summed E-state index contributed by atoms with van der Waals surface area (Å²) in [5.74, 6) is 0. The summed E-state index contributed by atoms with van der Waals surface area (Å²) in [4.78, 5) is 7.27. The van der Waals surface area contributed by atoms with Crippen molar-refractivity contribution >= 4 is 28.9 Å². The molecule has 0 fully saturated rings. The van der Waals surface area contributed by atoms with Gasteiger partial charge in [0.25, 0.3) is 0 Å². The molecule has 0 saturated carbocycles. The van der Waals surface area contributed by atoms with Crippen molar-refractivity contribution in [3.63, 3.8) is 0 Å². The minimum Gasteiger partial charge on any atom is -0.384 e. The molecule has 5 heteroatoms. The predicted molar refractivity (Wildman–Crippen MR) is 121 cm³/mol. The smallest absolute Gasteiger partial charge is 0.0730 e. The molecule has 2 aromatic carbocycles. The van der Waals surface area contributed by atoms with Crippen molar-refractivity contribution in [2.45, 2.75) is 13.8 Å². The molecular weight excluding hydrogens is 389 g/mol. The fraction of sp³-hybridized carbons (Fsp3) is 0.261. The number of anilines is 1.